The summed E-state index contributed by atoms with van der Waals surface area (Å²) in [6, 6.07) is 10.9. The van der Waals surface area contributed by atoms with Gasteiger partial charge >= 0.3 is 0 Å². The standard InChI is InChI=1S/C12H9BrClN3S/c13-7-4-5-8(14)10(6-7)17-11-3-1-2-9(16-11)12(15)18/h1-6H,(H2,15,18)(H,16,17). The van der Waals surface area contributed by atoms with E-state index in [-0.39, 0.29) is 4.99 Å². The molecule has 6 heteroatoms. The van der Waals surface area contributed by atoms with Crippen molar-refractivity contribution >= 4 is 56.2 Å². The van der Waals surface area contributed by atoms with Crippen molar-refractivity contribution in [2.45, 2.75) is 0 Å². The maximum atomic E-state index is 6.09. The second kappa shape index (κ2) is 5.65. The third-order valence-corrected chi connectivity index (χ3v) is 3.22. The zero-order valence-corrected chi connectivity index (χ0v) is 12.3. The summed E-state index contributed by atoms with van der Waals surface area (Å²) in [5.41, 5.74) is 6.87. The second-order valence-corrected chi connectivity index (χ2v) is 5.28. The molecule has 1 aromatic carbocycles. The topological polar surface area (TPSA) is 50.9 Å². The number of rotatable bonds is 3. The molecule has 0 aliphatic carbocycles. The predicted octanol–water partition coefficient (Wildman–Crippen LogP) is 3.88. The number of aromatic nitrogens is 1. The SMILES string of the molecule is NC(=S)c1cccc(Nc2cc(Br)ccc2Cl)n1. The van der Waals surface area contributed by atoms with Gasteiger partial charge in [-0.05, 0) is 30.3 Å². The minimum absolute atomic E-state index is 0.263. The largest absolute Gasteiger partial charge is 0.388 e. The van der Waals surface area contributed by atoms with Gasteiger partial charge in [0.15, 0.2) is 0 Å². The summed E-state index contributed by atoms with van der Waals surface area (Å²) in [5.74, 6) is 0.639. The molecule has 2 rings (SSSR count). The highest BCUT2D eigenvalue weighted by Gasteiger charge is 2.04. The van der Waals surface area contributed by atoms with Crippen LogP contribution in [0.3, 0.4) is 0 Å². The normalized spacial score (nSPS) is 10.1. The molecule has 0 fully saturated rings. The lowest BCUT2D eigenvalue weighted by Crippen LogP contribution is -2.12. The lowest BCUT2D eigenvalue weighted by atomic mass is 10.3. The van der Waals surface area contributed by atoms with Crippen LogP contribution < -0.4 is 11.1 Å². The van der Waals surface area contributed by atoms with Gasteiger partial charge in [0.2, 0.25) is 0 Å². The average Bonchev–Trinajstić information content (AvgIpc) is 2.34. The highest BCUT2D eigenvalue weighted by Crippen LogP contribution is 2.27. The first-order valence-electron chi connectivity index (χ1n) is 5.05. The average molecular weight is 343 g/mol. The molecular formula is C12H9BrClN3S. The molecule has 0 saturated heterocycles. The number of halogens is 2. The summed E-state index contributed by atoms with van der Waals surface area (Å²) in [7, 11) is 0. The monoisotopic (exact) mass is 341 g/mol. The van der Waals surface area contributed by atoms with E-state index in [1.165, 1.54) is 0 Å². The van der Waals surface area contributed by atoms with E-state index in [4.69, 9.17) is 29.6 Å². The molecule has 0 bridgehead atoms. The van der Waals surface area contributed by atoms with Gasteiger partial charge in [0, 0.05) is 4.47 Å². The Labute approximate surface area is 123 Å². The minimum atomic E-state index is 0.263. The molecule has 0 unspecified atom stereocenters. The van der Waals surface area contributed by atoms with Gasteiger partial charge in [-0.1, -0.05) is 45.8 Å². The van der Waals surface area contributed by atoms with E-state index in [1.807, 2.05) is 24.3 Å². The van der Waals surface area contributed by atoms with Crippen LogP contribution in [0.2, 0.25) is 5.02 Å². The van der Waals surface area contributed by atoms with Crippen LogP contribution in [0.25, 0.3) is 0 Å². The maximum Gasteiger partial charge on any atom is 0.131 e. The molecule has 92 valence electrons. The lowest BCUT2D eigenvalue weighted by Gasteiger charge is -2.09. The summed E-state index contributed by atoms with van der Waals surface area (Å²) >= 11 is 14.4. The minimum Gasteiger partial charge on any atom is -0.388 e. The van der Waals surface area contributed by atoms with Crippen molar-refractivity contribution in [3.05, 3.63) is 51.6 Å². The smallest absolute Gasteiger partial charge is 0.131 e. The van der Waals surface area contributed by atoms with Crippen LogP contribution >= 0.6 is 39.7 Å². The number of hydrogen-bond donors (Lipinski definition) is 2. The van der Waals surface area contributed by atoms with Crippen LogP contribution in [0.4, 0.5) is 11.5 Å². The molecule has 0 saturated carbocycles. The first-order chi connectivity index (χ1) is 8.56. The third kappa shape index (κ3) is 3.19. The first-order valence-corrected chi connectivity index (χ1v) is 6.63. The predicted molar refractivity (Wildman–Crippen MR) is 82.6 cm³/mol. The number of pyridine rings is 1. The van der Waals surface area contributed by atoms with E-state index in [0.29, 0.717) is 16.5 Å². The van der Waals surface area contributed by atoms with Crippen molar-refractivity contribution in [3.8, 4) is 0 Å². The van der Waals surface area contributed by atoms with Crippen LogP contribution in [-0.2, 0) is 0 Å². The third-order valence-electron chi connectivity index (χ3n) is 2.19. The van der Waals surface area contributed by atoms with Gasteiger partial charge in [-0.3, -0.25) is 0 Å². The van der Waals surface area contributed by atoms with Crippen LogP contribution in [0.5, 0.6) is 0 Å². The number of nitrogens with one attached hydrogen (secondary N) is 1. The fourth-order valence-electron chi connectivity index (χ4n) is 1.37. The van der Waals surface area contributed by atoms with Gasteiger partial charge in [-0.25, -0.2) is 4.98 Å². The molecule has 0 spiro atoms. The van der Waals surface area contributed by atoms with Crippen LogP contribution in [0.15, 0.2) is 40.9 Å². The zero-order valence-electron chi connectivity index (χ0n) is 9.15. The number of nitrogens with zero attached hydrogens (tertiary/aromatic N) is 1. The number of benzene rings is 1. The molecule has 1 aromatic heterocycles. The van der Waals surface area contributed by atoms with Crippen molar-refractivity contribution in [2.24, 2.45) is 5.73 Å². The van der Waals surface area contributed by atoms with Gasteiger partial charge in [-0.2, -0.15) is 0 Å². The number of anilines is 2. The summed E-state index contributed by atoms with van der Waals surface area (Å²) in [6.07, 6.45) is 0. The van der Waals surface area contributed by atoms with E-state index in [2.05, 4.69) is 26.2 Å². The summed E-state index contributed by atoms with van der Waals surface area (Å²) in [6.45, 7) is 0. The number of hydrogen-bond acceptors (Lipinski definition) is 3. The number of thiocarbonyl (C=S) groups is 1. The molecule has 3 nitrogen and oxygen atoms in total. The van der Waals surface area contributed by atoms with Gasteiger partial charge in [0.25, 0.3) is 0 Å². The molecule has 2 aromatic rings. The Morgan fingerprint density at radius 2 is 2.11 bits per heavy atom. The Bertz CT molecular complexity index is 604. The Kier molecular flexibility index (Phi) is 4.16. The van der Waals surface area contributed by atoms with E-state index in [1.54, 1.807) is 12.1 Å². The van der Waals surface area contributed by atoms with Gasteiger partial charge in [0.1, 0.15) is 10.8 Å². The van der Waals surface area contributed by atoms with Gasteiger partial charge in [0.05, 0.1) is 16.4 Å². The van der Waals surface area contributed by atoms with E-state index >= 15 is 0 Å². The molecular weight excluding hydrogens is 334 g/mol. The molecule has 0 aliphatic heterocycles. The van der Waals surface area contributed by atoms with E-state index < -0.39 is 0 Å². The van der Waals surface area contributed by atoms with Crippen LogP contribution in [-0.4, -0.2) is 9.97 Å². The molecule has 1 heterocycles. The molecule has 0 aliphatic rings. The molecule has 3 N–H and O–H groups in total. The Hall–Kier alpha value is -1.17. The van der Waals surface area contributed by atoms with E-state index in [9.17, 15) is 0 Å². The Morgan fingerprint density at radius 1 is 1.33 bits per heavy atom. The first kappa shape index (κ1) is 13.3. The summed E-state index contributed by atoms with van der Waals surface area (Å²) < 4.78 is 0.930. The van der Waals surface area contributed by atoms with Crippen molar-refractivity contribution < 1.29 is 0 Å². The van der Waals surface area contributed by atoms with Crippen molar-refractivity contribution in [3.63, 3.8) is 0 Å². The molecule has 0 amide bonds. The van der Waals surface area contributed by atoms with Gasteiger partial charge < -0.3 is 11.1 Å². The summed E-state index contributed by atoms with van der Waals surface area (Å²) in [4.78, 5) is 4.55. The van der Waals surface area contributed by atoms with Crippen molar-refractivity contribution in [2.75, 3.05) is 5.32 Å². The van der Waals surface area contributed by atoms with Gasteiger partial charge in [-0.15, -0.1) is 0 Å². The van der Waals surface area contributed by atoms with Crippen LogP contribution in [0, 0.1) is 0 Å². The molecule has 0 atom stereocenters. The summed E-state index contributed by atoms with van der Waals surface area (Å²) in [5, 5.41) is 3.73. The number of nitrogens with two attached hydrogens (primary N) is 1. The van der Waals surface area contributed by atoms with Crippen molar-refractivity contribution in [1.82, 2.24) is 4.98 Å². The highest BCUT2D eigenvalue weighted by atomic mass is 79.9. The fourth-order valence-corrected chi connectivity index (χ4v) is 2.01. The van der Waals surface area contributed by atoms with Crippen LogP contribution in [0.1, 0.15) is 5.69 Å². The highest BCUT2D eigenvalue weighted by molar-refractivity contribution is 9.10. The van der Waals surface area contributed by atoms with Crippen molar-refractivity contribution in [1.29, 1.82) is 0 Å². The molecule has 0 radical (unpaired) electrons. The second-order valence-electron chi connectivity index (χ2n) is 3.52. The lowest BCUT2D eigenvalue weighted by molar-refractivity contribution is 1.28. The quantitative estimate of drug-likeness (QED) is 0.831. The fraction of sp³-hybridized carbons (Fsp3) is 0. The Balaban J connectivity index is 2.31. The molecule has 18 heavy (non-hydrogen) atoms. The van der Waals surface area contributed by atoms with E-state index in [0.717, 1.165) is 10.2 Å². The zero-order chi connectivity index (χ0) is 13.1. The maximum absolute atomic E-state index is 6.09. The Morgan fingerprint density at radius 3 is 2.83 bits per heavy atom.